The molecule has 0 aliphatic rings. The van der Waals surface area contributed by atoms with Crippen molar-refractivity contribution in [3.05, 3.63) is 58.1 Å². The van der Waals surface area contributed by atoms with E-state index >= 15 is 0 Å². The summed E-state index contributed by atoms with van der Waals surface area (Å²) in [6.07, 6.45) is 0.0382. The van der Waals surface area contributed by atoms with Crippen molar-refractivity contribution in [3.8, 4) is 5.75 Å². The van der Waals surface area contributed by atoms with Crippen molar-refractivity contribution in [1.29, 1.82) is 0 Å². The maximum absolute atomic E-state index is 6.09. The van der Waals surface area contributed by atoms with Crippen molar-refractivity contribution in [3.63, 3.8) is 0 Å². The molecule has 0 heterocycles. The van der Waals surface area contributed by atoms with E-state index in [-0.39, 0.29) is 6.10 Å². The fourth-order valence-electron chi connectivity index (χ4n) is 1.75. The monoisotopic (exact) mass is 309 g/mol. The summed E-state index contributed by atoms with van der Waals surface area (Å²) in [5.74, 6) is 0.811. The predicted molar refractivity (Wildman–Crippen MR) is 86.2 cm³/mol. The summed E-state index contributed by atoms with van der Waals surface area (Å²) in [7, 11) is 0. The fourth-order valence-corrected chi connectivity index (χ4v) is 2.06. The van der Waals surface area contributed by atoms with E-state index in [2.05, 4.69) is 5.32 Å². The highest BCUT2D eigenvalue weighted by molar-refractivity contribution is 6.31. The number of nitrogens with one attached hydrogen (secondary N) is 1. The van der Waals surface area contributed by atoms with E-state index in [0.29, 0.717) is 11.6 Å². The van der Waals surface area contributed by atoms with Gasteiger partial charge in [-0.15, -0.1) is 0 Å². The van der Waals surface area contributed by atoms with Crippen molar-refractivity contribution in [2.45, 2.75) is 20.0 Å². The van der Waals surface area contributed by atoms with E-state index in [1.165, 1.54) is 0 Å². The third kappa shape index (κ3) is 4.32. The number of hydrogen-bond acceptors (Lipinski definition) is 2. The van der Waals surface area contributed by atoms with Gasteiger partial charge in [0.1, 0.15) is 11.9 Å². The topological polar surface area (TPSA) is 21.3 Å². The molecule has 0 aliphatic heterocycles. The molecule has 2 rings (SSSR count). The molecule has 0 aromatic heterocycles. The third-order valence-corrected chi connectivity index (χ3v) is 3.58. The van der Waals surface area contributed by atoms with Crippen molar-refractivity contribution < 1.29 is 4.74 Å². The minimum Gasteiger partial charge on any atom is -0.489 e. The van der Waals surface area contributed by atoms with Crippen LogP contribution in [0, 0.1) is 6.92 Å². The third-order valence-electron chi connectivity index (χ3n) is 2.92. The van der Waals surface area contributed by atoms with Crippen LogP contribution in [-0.2, 0) is 0 Å². The average Bonchev–Trinajstić information content (AvgIpc) is 2.43. The lowest BCUT2D eigenvalue weighted by Crippen LogP contribution is -2.22. The molecule has 0 aliphatic carbocycles. The Balaban J connectivity index is 1.86. The first kappa shape index (κ1) is 15.0. The lowest BCUT2D eigenvalue weighted by Gasteiger charge is -2.16. The Hall–Kier alpha value is -1.38. The molecule has 2 aromatic rings. The lowest BCUT2D eigenvalue weighted by molar-refractivity contribution is 0.235. The summed E-state index contributed by atoms with van der Waals surface area (Å²) < 4.78 is 5.79. The molecule has 0 radical (unpaired) electrons. The number of halogens is 2. The van der Waals surface area contributed by atoms with Gasteiger partial charge in [-0.3, -0.25) is 0 Å². The minimum atomic E-state index is 0.0382. The highest BCUT2D eigenvalue weighted by Crippen LogP contribution is 2.20. The van der Waals surface area contributed by atoms with Gasteiger partial charge in [-0.2, -0.15) is 0 Å². The van der Waals surface area contributed by atoms with E-state index in [1.54, 1.807) is 0 Å². The number of hydrogen-bond donors (Lipinski definition) is 1. The summed E-state index contributed by atoms with van der Waals surface area (Å²) in [5.41, 5.74) is 2.06. The number of anilines is 1. The largest absolute Gasteiger partial charge is 0.489 e. The van der Waals surface area contributed by atoms with Gasteiger partial charge >= 0.3 is 0 Å². The summed E-state index contributed by atoms with van der Waals surface area (Å²) in [6, 6.07) is 13.3. The molecule has 0 bridgehead atoms. The Kier molecular flexibility index (Phi) is 5.16. The predicted octanol–water partition coefficient (Wildman–Crippen LogP) is 5.18. The standard InChI is InChI=1S/C16H17Cl2NO/c1-11-3-6-14(9-16(11)18)19-10-12(2)20-15-7-4-13(17)5-8-15/h3-9,12,19H,10H2,1-2H3. The molecule has 20 heavy (non-hydrogen) atoms. The lowest BCUT2D eigenvalue weighted by atomic mass is 10.2. The Morgan fingerprint density at radius 1 is 1.10 bits per heavy atom. The number of aryl methyl sites for hydroxylation is 1. The van der Waals surface area contributed by atoms with Crippen molar-refractivity contribution in [2.24, 2.45) is 0 Å². The Labute approximate surface area is 129 Å². The maximum Gasteiger partial charge on any atom is 0.119 e. The van der Waals surface area contributed by atoms with Gasteiger partial charge in [0.2, 0.25) is 0 Å². The van der Waals surface area contributed by atoms with Crippen molar-refractivity contribution in [1.82, 2.24) is 0 Å². The first-order valence-electron chi connectivity index (χ1n) is 6.47. The van der Waals surface area contributed by atoms with Crippen LogP contribution < -0.4 is 10.1 Å². The van der Waals surface area contributed by atoms with E-state index in [1.807, 2.05) is 56.3 Å². The Morgan fingerprint density at radius 2 is 1.80 bits per heavy atom. The van der Waals surface area contributed by atoms with Gasteiger partial charge < -0.3 is 10.1 Å². The molecule has 0 saturated carbocycles. The zero-order valence-electron chi connectivity index (χ0n) is 11.5. The zero-order valence-corrected chi connectivity index (χ0v) is 13.0. The number of ether oxygens (including phenoxy) is 1. The highest BCUT2D eigenvalue weighted by atomic mass is 35.5. The molecule has 2 nitrogen and oxygen atoms in total. The molecule has 1 N–H and O–H groups in total. The van der Waals surface area contributed by atoms with Gasteiger partial charge in [0.15, 0.2) is 0 Å². The van der Waals surface area contributed by atoms with E-state index < -0.39 is 0 Å². The van der Waals surface area contributed by atoms with Gasteiger partial charge in [0, 0.05) is 15.7 Å². The summed E-state index contributed by atoms with van der Waals surface area (Å²) in [6.45, 7) is 4.69. The minimum absolute atomic E-state index is 0.0382. The van der Waals surface area contributed by atoms with Gasteiger partial charge in [-0.25, -0.2) is 0 Å². The van der Waals surface area contributed by atoms with Crippen molar-refractivity contribution in [2.75, 3.05) is 11.9 Å². The molecule has 106 valence electrons. The van der Waals surface area contributed by atoms with Crippen LogP contribution in [0.25, 0.3) is 0 Å². The highest BCUT2D eigenvalue weighted by Gasteiger charge is 2.05. The van der Waals surface area contributed by atoms with Gasteiger partial charge in [0.05, 0.1) is 6.54 Å². The maximum atomic E-state index is 6.09. The molecule has 2 aromatic carbocycles. The number of rotatable bonds is 5. The van der Waals surface area contributed by atoms with Crippen LogP contribution in [0.5, 0.6) is 5.75 Å². The summed E-state index contributed by atoms with van der Waals surface area (Å²) >= 11 is 11.9. The van der Waals surface area contributed by atoms with E-state index in [0.717, 1.165) is 22.0 Å². The molecule has 0 spiro atoms. The molecule has 0 amide bonds. The molecular weight excluding hydrogens is 293 g/mol. The first-order valence-corrected chi connectivity index (χ1v) is 7.22. The molecule has 1 atom stereocenters. The summed E-state index contributed by atoms with van der Waals surface area (Å²) in [5, 5.41) is 4.78. The van der Waals surface area contributed by atoms with E-state index in [4.69, 9.17) is 27.9 Å². The van der Waals surface area contributed by atoms with E-state index in [9.17, 15) is 0 Å². The Morgan fingerprint density at radius 3 is 2.45 bits per heavy atom. The van der Waals surface area contributed by atoms with Crippen LogP contribution in [0.1, 0.15) is 12.5 Å². The molecule has 0 saturated heterocycles. The van der Waals surface area contributed by atoms with Gasteiger partial charge in [-0.05, 0) is 55.8 Å². The van der Waals surface area contributed by atoms with Crippen LogP contribution >= 0.6 is 23.2 Å². The fraction of sp³-hybridized carbons (Fsp3) is 0.250. The molecule has 4 heteroatoms. The second-order valence-corrected chi connectivity index (χ2v) is 5.57. The Bertz CT molecular complexity index is 569. The second kappa shape index (κ2) is 6.87. The van der Waals surface area contributed by atoms with Gasteiger partial charge in [0.25, 0.3) is 0 Å². The van der Waals surface area contributed by atoms with Crippen molar-refractivity contribution >= 4 is 28.9 Å². The smallest absolute Gasteiger partial charge is 0.119 e. The van der Waals surface area contributed by atoms with Crippen LogP contribution in [0.4, 0.5) is 5.69 Å². The first-order chi connectivity index (χ1) is 9.54. The van der Waals surface area contributed by atoms with Crippen LogP contribution in [-0.4, -0.2) is 12.6 Å². The number of benzene rings is 2. The van der Waals surface area contributed by atoms with Crippen LogP contribution in [0.2, 0.25) is 10.0 Å². The molecule has 1 unspecified atom stereocenters. The van der Waals surface area contributed by atoms with Crippen LogP contribution in [0.3, 0.4) is 0 Å². The SMILES string of the molecule is Cc1ccc(NCC(C)Oc2ccc(Cl)cc2)cc1Cl. The van der Waals surface area contributed by atoms with Gasteiger partial charge in [-0.1, -0.05) is 29.3 Å². The second-order valence-electron chi connectivity index (χ2n) is 4.73. The average molecular weight is 310 g/mol. The molecule has 0 fully saturated rings. The molecular formula is C16H17Cl2NO. The zero-order chi connectivity index (χ0) is 14.5. The van der Waals surface area contributed by atoms with Crippen LogP contribution in [0.15, 0.2) is 42.5 Å². The normalized spacial score (nSPS) is 12.0. The summed E-state index contributed by atoms with van der Waals surface area (Å²) in [4.78, 5) is 0. The quantitative estimate of drug-likeness (QED) is 0.821.